The van der Waals surface area contributed by atoms with Crippen molar-refractivity contribution in [3.05, 3.63) is 108 Å². The number of alkyl halides is 6. The third kappa shape index (κ3) is 12.2. The van der Waals surface area contributed by atoms with Crippen molar-refractivity contribution in [2.24, 2.45) is 5.92 Å². The van der Waals surface area contributed by atoms with Crippen LogP contribution in [0.2, 0.25) is 0 Å². The molecule has 2 heterocycles. The van der Waals surface area contributed by atoms with Crippen LogP contribution < -0.4 is 14.8 Å². The lowest BCUT2D eigenvalue weighted by atomic mass is 9.94. The van der Waals surface area contributed by atoms with Crippen LogP contribution in [0.25, 0.3) is 22.3 Å². The van der Waals surface area contributed by atoms with Crippen LogP contribution in [0.4, 0.5) is 31.5 Å². The minimum absolute atomic E-state index is 0.0238. The van der Waals surface area contributed by atoms with Gasteiger partial charge < -0.3 is 15.0 Å². The Hall–Kier alpha value is -5.59. The second kappa shape index (κ2) is 19.2. The molecule has 0 radical (unpaired) electrons. The van der Waals surface area contributed by atoms with Gasteiger partial charge in [0.2, 0.25) is 5.13 Å². The second-order valence-electron chi connectivity index (χ2n) is 12.7. The van der Waals surface area contributed by atoms with Gasteiger partial charge in [-0.1, -0.05) is 54.6 Å². The molecular formula is C38H34F6N6O6S2. The maximum Gasteiger partial charge on any atom is 0.549 e. The second-order valence-corrected chi connectivity index (χ2v) is 15.2. The predicted molar refractivity (Wildman–Crippen MR) is 201 cm³/mol. The monoisotopic (exact) mass is 848 g/mol. The Morgan fingerprint density at radius 3 is 2.26 bits per heavy atom. The largest absolute Gasteiger partial charge is 0.549 e. The van der Waals surface area contributed by atoms with E-state index in [1.165, 1.54) is 24.5 Å². The first-order valence-electron chi connectivity index (χ1n) is 17.3. The fourth-order valence-corrected chi connectivity index (χ4v) is 7.70. The number of nitrogens with zero attached hydrogens (tertiary/aromatic N) is 4. The van der Waals surface area contributed by atoms with Crippen LogP contribution in [0.3, 0.4) is 0 Å². The smallest absolute Gasteiger partial charge is 0.455 e. The maximum absolute atomic E-state index is 13.7. The van der Waals surface area contributed by atoms with Crippen LogP contribution in [0, 0.1) is 17.2 Å². The fourth-order valence-electron chi connectivity index (χ4n) is 6.02. The van der Waals surface area contributed by atoms with Crippen molar-refractivity contribution in [1.29, 1.82) is 5.26 Å². The summed E-state index contributed by atoms with van der Waals surface area (Å²) in [7, 11) is -4.08. The summed E-state index contributed by atoms with van der Waals surface area (Å²) in [6, 6.07) is 27.7. The summed E-state index contributed by atoms with van der Waals surface area (Å²) >= 11 is 0.860. The van der Waals surface area contributed by atoms with E-state index in [9.17, 15) is 44.8 Å². The van der Waals surface area contributed by atoms with Gasteiger partial charge in [-0.25, -0.2) is 18.7 Å². The Bertz CT molecular complexity index is 2300. The average Bonchev–Trinajstić information content (AvgIpc) is 3.72. The Morgan fingerprint density at radius 1 is 0.931 bits per heavy atom. The number of nitrogens with one attached hydrogen (secondary N) is 2. The highest BCUT2D eigenvalue weighted by Crippen LogP contribution is 2.39. The van der Waals surface area contributed by atoms with Crippen LogP contribution in [-0.4, -0.2) is 66.0 Å². The number of aromatic nitrogens is 2. The highest BCUT2D eigenvalue weighted by atomic mass is 32.2. The fraction of sp³-hybridized carbons (Fsp3) is 0.263. The number of hydrogen-bond donors (Lipinski definition) is 3. The van der Waals surface area contributed by atoms with Gasteiger partial charge in [-0.05, 0) is 96.9 Å². The Kier molecular flexibility index (Phi) is 14.4. The van der Waals surface area contributed by atoms with Gasteiger partial charge in [0.1, 0.15) is 23.9 Å². The van der Waals surface area contributed by atoms with Crippen LogP contribution in [-0.2, 0) is 26.3 Å². The van der Waals surface area contributed by atoms with Gasteiger partial charge in [-0.2, -0.15) is 22.8 Å². The molecule has 12 nitrogen and oxygen atoms in total. The van der Waals surface area contributed by atoms with Crippen molar-refractivity contribution < 1.29 is 54.4 Å². The Balaban J connectivity index is 0.000000992. The van der Waals surface area contributed by atoms with E-state index in [2.05, 4.69) is 19.4 Å². The molecule has 306 valence electrons. The van der Waals surface area contributed by atoms with Gasteiger partial charge in [0.25, 0.3) is 10.0 Å². The molecular weight excluding hydrogens is 815 g/mol. The topological polar surface area (TPSA) is 167 Å². The van der Waals surface area contributed by atoms with E-state index >= 15 is 0 Å². The lowest BCUT2D eigenvalue weighted by Gasteiger charge is -2.28. The van der Waals surface area contributed by atoms with Gasteiger partial charge >= 0.3 is 18.4 Å². The third-order valence-electron chi connectivity index (χ3n) is 8.78. The van der Waals surface area contributed by atoms with Gasteiger partial charge in [0.05, 0.1) is 10.5 Å². The van der Waals surface area contributed by atoms with Crippen molar-refractivity contribution in [3.63, 3.8) is 0 Å². The molecule has 1 fully saturated rings. The zero-order chi connectivity index (χ0) is 41.9. The number of halogens is 6. The zero-order valence-corrected chi connectivity index (χ0v) is 31.8. The number of ether oxygens (including phenoxy) is 1. The molecule has 0 atom stereocenters. The van der Waals surface area contributed by atoms with Crippen LogP contribution >= 0.6 is 11.5 Å². The molecule has 6 rings (SSSR count). The van der Waals surface area contributed by atoms with E-state index in [-0.39, 0.29) is 40.3 Å². The highest BCUT2D eigenvalue weighted by Gasteiger charge is 2.42. The summed E-state index contributed by atoms with van der Waals surface area (Å²) in [5, 5.41) is 20.1. The van der Waals surface area contributed by atoms with E-state index in [1.807, 2.05) is 53.4 Å². The van der Waals surface area contributed by atoms with Gasteiger partial charge in [0.15, 0.2) is 0 Å². The number of benzene rings is 4. The van der Waals surface area contributed by atoms with Crippen molar-refractivity contribution in [2.45, 2.75) is 43.2 Å². The number of hydrogen-bond acceptors (Lipinski definition) is 11. The Morgan fingerprint density at radius 2 is 1.62 bits per heavy atom. The molecule has 3 N–H and O–H groups in total. The van der Waals surface area contributed by atoms with Gasteiger partial charge in [-0.3, -0.25) is 9.52 Å². The number of piperidine rings is 1. The average molecular weight is 849 g/mol. The molecule has 1 amide bonds. The highest BCUT2D eigenvalue weighted by molar-refractivity contribution is 7.93. The summed E-state index contributed by atoms with van der Waals surface area (Å²) in [5.74, 6) is -1.25. The number of nitriles is 1. The van der Waals surface area contributed by atoms with Crippen LogP contribution in [0.1, 0.15) is 30.4 Å². The van der Waals surface area contributed by atoms with Crippen molar-refractivity contribution in [1.82, 2.24) is 19.6 Å². The summed E-state index contributed by atoms with van der Waals surface area (Å²) in [5.41, 5.74) is 3.33. The van der Waals surface area contributed by atoms with E-state index < -0.39 is 28.5 Å². The molecule has 0 bridgehead atoms. The number of carbonyl (C=O) groups is 1. The molecule has 20 heteroatoms. The number of amides is 1. The summed E-state index contributed by atoms with van der Waals surface area (Å²) < 4.78 is 110. The van der Waals surface area contributed by atoms with Crippen molar-refractivity contribution in [3.8, 4) is 39.8 Å². The maximum atomic E-state index is 13.7. The summed E-state index contributed by atoms with van der Waals surface area (Å²) in [6.07, 6.45) is -6.54. The quantitative estimate of drug-likeness (QED) is 0.0629. The van der Waals surface area contributed by atoms with E-state index in [0.717, 1.165) is 53.5 Å². The molecule has 1 aliphatic rings. The number of rotatable bonds is 12. The molecule has 0 spiro atoms. The molecule has 0 aliphatic carbocycles. The number of anilines is 1. The summed E-state index contributed by atoms with van der Waals surface area (Å²) in [6.45, 7) is 1.33. The third-order valence-corrected chi connectivity index (χ3v) is 10.8. The molecule has 1 saturated heterocycles. The molecule has 4 aromatic carbocycles. The normalized spacial score (nSPS) is 13.5. The van der Waals surface area contributed by atoms with E-state index in [4.69, 9.17) is 9.99 Å². The summed E-state index contributed by atoms with van der Waals surface area (Å²) in [4.78, 5) is 19.0. The SMILES string of the molecule is N#Cc1cc(S(=O)(=O)Nc2ncns2)ccc1Oc1ccc(-c2ccccc2)cc1-c1cccc(CN(CCC2CCNCC2)C(=O)C(F)(F)F)c1.OOC(F)(F)F. The first kappa shape index (κ1) is 43.5. The minimum atomic E-state index is -5.02. The van der Waals surface area contributed by atoms with Crippen LogP contribution in [0.5, 0.6) is 11.5 Å². The lowest BCUT2D eigenvalue weighted by molar-refractivity contribution is -0.464. The minimum Gasteiger partial charge on any atom is -0.455 e. The van der Waals surface area contributed by atoms with E-state index in [0.29, 0.717) is 28.9 Å². The first-order valence-corrected chi connectivity index (χ1v) is 19.6. The molecule has 5 aromatic rings. The predicted octanol–water partition coefficient (Wildman–Crippen LogP) is 8.61. The van der Waals surface area contributed by atoms with Gasteiger partial charge in [-0.15, -0.1) is 18.1 Å². The molecule has 1 aliphatic heterocycles. The molecule has 0 unspecified atom stereocenters. The van der Waals surface area contributed by atoms with E-state index in [1.54, 1.807) is 30.3 Å². The lowest BCUT2D eigenvalue weighted by Crippen LogP contribution is -2.42. The van der Waals surface area contributed by atoms with Crippen molar-refractivity contribution >= 4 is 32.6 Å². The molecule has 0 saturated carbocycles. The Labute approximate surface area is 332 Å². The zero-order valence-electron chi connectivity index (χ0n) is 30.1. The molecule has 58 heavy (non-hydrogen) atoms. The number of carbonyl (C=O) groups excluding carboxylic acids is 1. The van der Waals surface area contributed by atoms with Gasteiger partial charge in [0, 0.05) is 30.2 Å². The van der Waals surface area contributed by atoms with Crippen molar-refractivity contribution in [2.75, 3.05) is 24.4 Å². The molecule has 1 aromatic heterocycles. The van der Waals surface area contributed by atoms with Crippen LogP contribution in [0.15, 0.2) is 102 Å². The first-order chi connectivity index (χ1) is 27.6. The standard InChI is InChI=1S/C37H33F3N6O4S2.CHF3O2/c38-37(39,40)35(47)46(18-15-25-13-16-42-17-14-25)23-26-5-4-8-29(19-26)32-21-28(27-6-2-1-3-7-27)9-11-34(32)50-33-12-10-31(20-30(33)22-41)52(48,49)45-36-43-24-44-51-36;2-1(3,4)6-5/h1-12,19-21,24-25,42H,13-18,23H2,(H,43,44,45);5H. The number of sulfonamides is 1.